The van der Waals surface area contributed by atoms with Gasteiger partial charge < -0.3 is 10.6 Å². The molecule has 7 heteroatoms. The van der Waals surface area contributed by atoms with Gasteiger partial charge in [0, 0.05) is 11.6 Å². The van der Waals surface area contributed by atoms with Crippen LogP contribution in [0.3, 0.4) is 0 Å². The molecule has 1 atom stereocenters. The van der Waals surface area contributed by atoms with Crippen LogP contribution in [0, 0.1) is 0 Å². The maximum atomic E-state index is 11.8. The minimum Gasteiger partial charge on any atom is -0.332 e. The Kier molecular flexibility index (Phi) is 5.23. The first-order valence-electron chi connectivity index (χ1n) is 5.94. The number of urea groups is 1. The third-order valence-electron chi connectivity index (χ3n) is 2.68. The van der Waals surface area contributed by atoms with Gasteiger partial charge in [0.2, 0.25) is 0 Å². The molecule has 0 aliphatic rings. The fourth-order valence-corrected chi connectivity index (χ4v) is 2.70. The van der Waals surface area contributed by atoms with Crippen molar-refractivity contribution in [3.8, 4) is 0 Å². The number of amides is 2. The van der Waals surface area contributed by atoms with Crippen molar-refractivity contribution >= 4 is 40.6 Å². The molecular formula is C13H13Cl2N3OS. The highest BCUT2D eigenvalue weighted by molar-refractivity contribution is 7.09. The van der Waals surface area contributed by atoms with Crippen LogP contribution in [-0.4, -0.2) is 11.0 Å². The molecule has 0 aliphatic carbocycles. The minimum absolute atomic E-state index is 0.238. The van der Waals surface area contributed by atoms with Crippen LogP contribution < -0.4 is 10.6 Å². The van der Waals surface area contributed by atoms with Crippen LogP contribution in [0.4, 0.5) is 4.79 Å². The molecule has 2 amide bonds. The second-order valence-electron chi connectivity index (χ2n) is 4.12. The second-order valence-corrected chi connectivity index (χ2v) is 5.88. The topological polar surface area (TPSA) is 54.0 Å². The summed E-state index contributed by atoms with van der Waals surface area (Å²) in [6.07, 6.45) is 1.70. The summed E-state index contributed by atoms with van der Waals surface area (Å²) in [6, 6.07) is 4.83. The standard InChI is InChI=1S/C13H13Cl2N3OS/c1-8(9-3-2-4-10(14)12(9)15)18-13(19)17-7-11-16-5-6-20-11/h2-6,8H,7H2,1H3,(H2,17,18,19)/t8-/m1/s1. The van der Waals surface area contributed by atoms with Gasteiger partial charge in [-0.15, -0.1) is 11.3 Å². The first-order valence-corrected chi connectivity index (χ1v) is 7.58. The van der Waals surface area contributed by atoms with E-state index in [1.54, 1.807) is 18.3 Å². The normalized spacial score (nSPS) is 11.9. The molecule has 0 saturated carbocycles. The molecule has 20 heavy (non-hydrogen) atoms. The van der Waals surface area contributed by atoms with Gasteiger partial charge in [-0.05, 0) is 18.6 Å². The number of nitrogens with one attached hydrogen (secondary N) is 2. The van der Waals surface area contributed by atoms with Crippen LogP contribution >= 0.6 is 34.5 Å². The summed E-state index contributed by atoms with van der Waals surface area (Å²) in [4.78, 5) is 15.9. The predicted octanol–water partition coefficient (Wildman–Crippen LogP) is 4.01. The molecular weight excluding hydrogens is 317 g/mol. The number of halogens is 2. The first-order chi connectivity index (χ1) is 9.58. The molecule has 1 aromatic carbocycles. The quantitative estimate of drug-likeness (QED) is 0.890. The molecule has 2 N–H and O–H groups in total. The van der Waals surface area contributed by atoms with Gasteiger partial charge >= 0.3 is 6.03 Å². The number of benzene rings is 1. The summed E-state index contributed by atoms with van der Waals surface area (Å²) < 4.78 is 0. The van der Waals surface area contributed by atoms with Gasteiger partial charge in [-0.2, -0.15) is 0 Å². The molecule has 106 valence electrons. The number of hydrogen-bond acceptors (Lipinski definition) is 3. The monoisotopic (exact) mass is 329 g/mol. The van der Waals surface area contributed by atoms with Crippen molar-refractivity contribution in [3.05, 3.63) is 50.4 Å². The van der Waals surface area contributed by atoms with Gasteiger partial charge in [0.25, 0.3) is 0 Å². The van der Waals surface area contributed by atoms with Crippen LogP contribution in [0.1, 0.15) is 23.5 Å². The van der Waals surface area contributed by atoms with Crippen LogP contribution in [0.15, 0.2) is 29.8 Å². The van der Waals surface area contributed by atoms with Gasteiger partial charge in [0.05, 0.1) is 22.6 Å². The molecule has 0 saturated heterocycles. The average molecular weight is 330 g/mol. The highest BCUT2D eigenvalue weighted by Gasteiger charge is 2.14. The Bertz CT molecular complexity index is 589. The maximum absolute atomic E-state index is 11.8. The first kappa shape index (κ1) is 15.1. The lowest BCUT2D eigenvalue weighted by Crippen LogP contribution is -2.36. The SMILES string of the molecule is C[C@@H](NC(=O)NCc1nccs1)c1cccc(Cl)c1Cl. The number of carbonyl (C=O) groups excluding carboxylic acids is 1. The maximum Gasteiger partial charge on any atom is 0.315 e. The Balaban J connectivity index is 1.92. The number of nitrogens with zero attached hydrogens (tertiary/aromatic N) is 1. The van der Waals surface area contributed by atoms with Crippen molar-refractivity contribution in [2.45, 2.75) is 19.5 Å². The van der Waals surface area contributed by atoms with Gasteiger partial charge in [-0.25, -0.2) is 9.78 Å². The molecule has 0 bridgehead atoms. The smallest absolute Gasteiger partial charge is 0.315 e. The van der Waals surface area contributed by atoms with E-state index < -0.39 is 0 Å². The van der Waals surface area contributed by atoms with E-state index in [1.165, 1.54) is 11.3 Å². The molecule has 0 fully saturated rings. The predicted molar refractivity (Wildman–Crippen MR) is 82.4 cm³/mol. The highest BCUT2D eigenvalue weighted by Crippen LogP contribution is 2.29. The van der Waals surface area contributed by atoms with E-state index in [0.717, 1.165) is 10.6 Å². The summed E-state index contributed by atoms with van der Waals surface area (Å²) >= 11 is 13.6. The zero-order chi connectivity index (χ0) is 14.5. The fourth-order valence-electron chi connectivity index (χ4n) is 1.68. The Morgan fingerprint density at radius 1 is 1.45 bits per heavy atom. The van der Waals surface area contributed by atoms with Crippen LogP contribution in [0.2, 0.25) is 10.0 Å². The van der Waals surface area contributed by atoms with E-state index in [0.29, 0.717) is 16.6 Å². The third-order valence-corrected chi connectivity index (χ3v) is 4.29. The Hall–Kier alpha value is -1.30. The molecule has 2 rings (SSSR count). The molecule has 0 aliphatic heterocycles. The zero-order valence-electron chi connectivity index (χ0n) is 10.7. The van der Waals surface area contributed by atoms with Gasteiger partial charge in [0.1, 0.15) is 5.01 Å². The van der Waals surface area contributed by atoms with E-state index in [2.05, 4.69) is 15.6 Å². The van der Waals surface area contributed by atoms with E-state index in [4.69, 9.17) is 23.2 Å². The number of rotatable bonds is 4. The van der Waals surface area contributed by atoms with E-state index in [9.17, 15) is 4.79 Å². The number of carbonyl (C=O) groups is 1. The third kappa shape index (κ3) is 3.85. The molecule has 0 radical (unpaired) electrons. The molecule has 0 spiro atoms. The van der Waals surface area contributed by atoms with E-state index in [1.807, 2.05) is 18.4 Å². The van der Waals surface area contributed by atoms with E-state index >= 15 is 0 Å². The van der Waals surface area contributed by atoms with Crippen LogP contribution in [0.5, 0.6) is 0 Å². The molecule has 1 aromatic heterocycles. The lowest BCUT2D eigenvalue weighted by molar-refractivity contribution is 0.237. The van der Waals surface area contributed by atoms with Gasteiger partial charge in [-0.1, -0.05) is 35.3 Å². The van der Waals surface area contributed by atoms with Crippen molar-refractivity contribution in [1.82, 2.24) is 15.6 Å². The fraction of sp³-hybridized carbons (Fsp3) is 0.231. The van der Waals surface area contributed by atoms with Crippen LogP contribution in [-0.2, 0) is 6.54 Å². The van der Waals surface area contributed by atoms with Crippen molar-refractivity contribution in [1.29, 1.82) is 0 Å². The Morgan fingerprint density at radius 3 is 2.95 bits per heavy atom. The van der Waals surface area contributed by atoms with Crippen molar-refractivity contribution in [2.75, 3.05) is 0 Å². The van der Waals surface area contributed by atoms with Crippen molar-refractivity contribution < 1.29 is 4.79 Å². The summed E-state index contributed by atoms with van der Waals surface area (Å²) in [5.41, 5.74) is 0.781. The number of aromatic nitrogens is 1. The zero-order valence-corrected chi connectivity index (χ0v) is 13.0. The lowest BCUT2D eigenvalue weighted by atomic mass is 10.1. The summed E-state index contributed by atoms with van der Waals surface area (Å²) in [6.45, 7) is 2.25. The molecule has 1 heterocycles. The van der Waals surface area contributed by atoms with Gasteiger partial charge in [0.15, 0.2) is 0 Å². The summed E-state index contributed by atoms with van der Waals surface area (Å²) in [5, 5.41) is 9.20. The molecule has 4 nitrogen and oxygen atoms in total. The largest absolute Gasteiger partial charge is 0.332 e. The van der Waals surface area contributed by atoms with E-state index in [-0.39, 0.29) is 12.1 Å². The summed E-state index contributed by atoms with van der Waals surface area (Å²) in [7, 11) is 0. The highest BCUT2D eigenvalue weighted by atomic mass is 35.5. The lowest BCUT2D eigenvalue weighted by Gasteiger charge is -2.16. The average Bonchev–Trinajstić information content (AvgIpc) is 2.92. The Labute approximate surface area is 131 Å². The Morgan fingerprint density at radius 2 is 2.25 bits per heavy atom. The number of hydrogen-bond donors (Lipinski definition) is 2. The van der Waals surface area contributed by atoms with Gasteiger partial charge in [-0.3, -0.25) is 0 Å². The van der Waals surface area contributed by atoms with Crippen molar-refractivity contribution in [3.63, 3.8) is 0 Å². The minimum atomic E-state index is -0.274. The summed E-state index contributed by atoms with van der Waals surface area (Å²) in [5.74, 6) is 0. The number of thiazole rings is 1. The second kappa shape index (κ2) is 6.92. The molecule has 2 aromatic rings. The molecule has 0 unspecified atom stereocenters. The van der Waals surface area contributed by atoms with Crippen molar-refractivity contribution in [2.24, 2.45) is 0 Å². The van der Waals surface area contributed by atoms with Crippen LogP contribution in [0.25, 0.3) is 0 Å².